The molecule has 1 heteroatoms. The van der Waals surface area contributed by atoms with Crippen LogP contribution in [0.4, 0.5) is 0 Å². The van der Waals surface area contributed by atoms with Crippen molar-refractivity contribution < 1.29 is 0 Å². The van der Waals surface area contributed by atoms with E-state index in [4.69, 9.17) is 0 Å². The van der Waals surface area contributed by atoms with Gasteiger partial charge < -0.3 is 0 Å². The van der Waals surface area contributed by atoms with Crippen LogP contribution in [0.15, 0.2) is 0 Å². The topological polar surface area (TPSA) is 0 Å². The minimum Gasteiger partial charge on any atom is -0.0953 e. The van der Waals surface area contributed by atoms with E-state index in [0.29, 0.717) is 15.7 Å². The van der Waals surface area contributed by atoms with Crippen LogP contribution in [0.25, 0.3) is 0 Å². The average Bonchev–Trinajstić information content (AvgIpc) is 2.29. The van der Waals surface area contributed by atoms with Crippen LogP contribution in [0.3, 0.4) is 0 Å². The average molecular weight is 272 g/mol. The van der Waals surface area contributed by atoms with Crippen molar-refractivity contribution in [2.24, 2.45) is 5.41 Å². The molecule has 0 saturated carbocycles. The van der Waals surface area contributed by atoms with Gasteiger partial charge in [0.15, 0.2) is 0 Å². The van der Waals surface area contributed by atoms with Crippen LogP contribution < -0.4 is 0 Å². The minimum absolute atomic E-state index is 0.174. The van der Waals surface area contributed by atoms with Crippen molar-refractivity contribution in [1.82, 2.24) is 0 Å². The molecule has 0 nitrogen and oxygen atoms in total. The lowest BCUT2D eigenvalue weighted by Crippen LogP contribution is -2.45. The van der Waals surface area contributed by atoms with Crippen LogP contribution in [-0.4, -0.2) is 16.5 Å². The molecule has 0 aromatic rings. The van der Waals surface area contributed by atoms with Gasteiger partial charge in [0, 0.05) is 0 Å². The summed E-state index contributed by atoms with van der Waals surface area (Å²) in [6, 6.07) is 0. The predicted molar refractivity (Wildman–Crippen MR) is 89.2 cm³/mol. The summed E-state index contributed by atoms with van der Waals surface area (Å²) in [5.74, 6) is 0. The van der Waals surface area contributed by atoms with Gasteiger partial charge in [0.25, 0.3) is 0 Å². The first-order valence-corrected chi connectivity index (χ1v) is 9.53. The molecular formula is C17H37P. The lowest BCUT2D eigenvalue weighted by Gasteiger charge is -2.57. The third-order valence-electron chi connectivity index (χ3n) is 4.89. The minimum atomic E-state index is 0.174. The van der Waals surface area contributed by atoms with Crippen LogP contribution in [0.5, 0.6) is 0 Å². The summed E-state index contributed by atoms with van der Waals surface area (Å²) >= 11 is 0. The van der Waals surface area contributed by atoms with Gasteiger partial charge in [-0.15, -0.1) is 0 Å². The molecule has 1 heterocycles. The highest BCUT2D eigenvalue weighted by molar-refractivity contribution is 7.60. The standard InChI is InChI=1S/C15H31P.C2H6/c1-8-15(9-2)11-13(4,5)16(10-3)14(6,7)12-15;1-2/h8-12H2,1-7H3;1-2H3. The van der Waals surface area contributed by atoms with Gasteiger partial charge in [-0.3, -0.25) is 0 Å². The summed E-state index contributed by atoms with van der Waals surface area (Å²) in [6.07, 6.45) is 7.04. The number of hydrogen-bond donors (Lipinski definition) is 0. The second-order valence-electron chi connectivity index (χ2n) is 6.93. The molecule has 0 N–H and O–H groups in total. The van der Waals surface area contributed by atoms with E-state index in [1.165, 1.54) is 31.8 Å². The SMILES string of the molecule is CC.CCP1C(C)(C)CC(CC)(CC)CC1(C)C. The van der Waals surface area contributed by atoms with Crippen molar-refractivity contribution in [3.8, 4) is 0 Å². The van der Waals surface area contributed by atoms with Crippen LogP contribution in [-0.2, 0) is 0 Å². The lowest BCUT2D eigenvalue weighted by molar-refractivity contribution is 0.162. The highest BCUT2D eigenvalue weighted by Gasteiger charge is 2.50. The lowest BCUT2D eigenvalue weighted by atomic mass is 9.69. The van der Waals surface area contributed by atoms with Gasteiger partial charge in [-0.05, 0) is 34.7 Å². The number of hydrogen-bond acceptors (Lipinski definition) is 0. The Morgan fingerprint density at radius 3 is 1.33 bits per heavy atom. The Balaban J connectivity index is 0.00000137. The number of rotatable bonds is 3. The summed E-state index contributed by atoms with van der Waals surface area (Å²) in [7, 11) is 0.174. The zero-order valence-electron chi connectivity index (χ0n) is 14.5. The van der Waals surface area contributed by atoms with Crippen LogP contribution >= 0.6 is 7.92 Å². The molecule has 0 aromatic carbocycles. The summed E-state index contributed by atoms with van der Waals surface area (Å²) in [5, 5.41) is 1.16. The highest BCUT2D eigenvalue weighted by atomic mass is 31.1. The molecule has 0 bridgehead atoms. The Kier molecular flexibility index (Phi) is 6.90. The molecule has 0 atom stereocenters. The maximum absolute atomic E-state index is 2.53. The largest absolute Gasteiger partial charge is 0.0953 e. The maximum atomic E-state index is 2.53. The molecular weight excluding hydrogens is 235 g/mol. The molecule has 0 amide bonds. The van der Waals surface area contributed by atoms with Gasteiger partial charge in [0.05, 0.1) is 0 Å². The third kappa shape index (κ3) is 3.72. The Hall–Kier alpha value is 0.430. The van der Waals surface area contributed by atoms with Gasteiger partial charge in [0.1, 0.15) is 0 Å². The van der Waals surface area contributed by atoms with Gasteiger partial charge >= 0.3 is 0 Å². The normalized spacial score (nSPS) is 25.2. The zero-order chi connectivity index (χ0) is 14.6. The summed E-state index contributed by atoms with van der Waals surface area (Å²) < 4.78 is 0. The first-order chi connectivity index (χ1) is 8.23. The van der Waals surface area contributed by atoms with Crippen LogP contribution in [0.1, 0.15) is 88.0 Å². The molecule has 1 aliphatic rings. The van der Waals surface area contributed by atoms with E-state index < -0.39 is 0 Å². The van der Waals surface area contributed by atoms with Crippen molar-refractivity contribution in [2.75, 3.05) is 6.16 Å². The van der Waals surface area contributed by atoms with Crippen LogP contribution in [0.2, 0.25) is 0 Å². The Morgan fingerprint density at radius 2 is 1.11 bits per heavy atom. The molecule has 110 valence electrons. The molecule has 0 aromatic heterocycles. The van der Waals surface area contributed by atoms with E-state index in [-0.39, 0.29) is 7.92 Å². The smallest absolute Gasteiger partial charge is 0.0141 e. The fourth-order valence-corrected chi connectivity index (χ4v) is 8.92. The van der Waals surface area contributed by atoms with E-state index in [2.05, 4.69) is 48.5 Å². The molecule has 0 unspecified atom stereocenters. The van der Waals surface area contributed by atoms with Crippen molar-refractivity contribution in [3.05, 3.63) is 0 Å². The fraction of sp³-hybridized carbons (Fsp3) is 1.00. The van der Waals surface area contributed by atoms with E-state index >= 15 is 0 Å². The molecule has 1 saturated heterocycles. The Bertz CT molecular complexity index is 216. The zero-order valence-corrected chi connectivity index (χ0v) is 15.4. The molecule has 0 aliphatic carbocycles. The van der Waals surface area contributed by atoms with Crippen molar-refractivity contribution in [3.63, 3.8) is 0 Å². The fourth-order valence-electron chi connectivity index (χ4n) is 4.51. The van der Waals surface area contributed by atoms with Gasteiger partial charge in [-0.1, -0.05) is 83.1 Å². The molecule has 1 fully saturated rings. The van der Waals surface area contributed by atoms with Gasteiger partial charge in [0.2, 0.25) is 0 Å². The summed E-state index contributed by atoms with van der Waals surface area (Å²) in [6.45, 7) is 21.3. The first-order valence-electron chi connectivity index (χ1n) is 8.01. The third-order valence-corrected chi connectivity index (χ3v) is 8.76. The predicted octanol–water partition coefficient (Wildman–Crippen LogP) is 6.67. The quantitative estimate of drug-likeness (QED) is 0.503. The summed E-state index contributed by atoms with van der Waals surface area (Å²) in [4.78, 5) is 0. The second-order valence-corrected chi connectivity index (χ2v) is 10.8. The van der Waals surface area contributed by atoms with Gasteiger partial charge in [-0.2, -0.15) is 0 Å². The Labute approximate surface area is 118 Å². The van der Waals surface area contributed by atoms with E-state index in [9.17, 15) is 0 Å². The van der Waals surface area contributed by atoms with Crippen molar-refractivity contribution >= 4 is 7.92 Å². The first kappa shape index (κ1) is 18.4. The Morgan fingerprint density at radius 1 is 0.778 bits per heavy atom. The van der Waals surface area contributed by atoms with Crippen molar-refractivity contribution in [1.29, 1.82) is 0 Å². The maximum Gasteiger partial charge on any atom is -0.0141 e. The van der Waals surface area contributed by atoms with Gasteiger partial charge in [-0.25, -0.2) is 0 Å². The monoisotopic (exact) mass is 272 g/mol. The molecule has 1 aliphatic heterocycles. The molecule has 0 radical (unpaired) electrons. The van der Waals surface area contributed by atoms with E-state index in [0.717, 1.165) is 0 Å². The highest BCUT2D eigenvalue weighted by Crippen LogP contribution is 2.70. The molecule has 18 heavy (non-hydrogen) atoms. The van der Waals surface area contributed by atoms with Crippen molar-refractivity contribution in [2.45, 2.75) is 98.3 Å². The second kappa shape index (κ2) is 6.74. The molecule has 0 spiro atoms. The molecule has 1 rings (SSSR count). The van der Waals surface area contributed by atoms with Crippen LogP contribution in [0, 0.1) is 5.41 Å². The van der Waals surface area contributed by atoms with E-state index in [1.54, 1.807) is 0 Å². The summed E-state index contributed by atoms with van der Waals surface area (Å²) in [5.41, 5.74) is 0.626. The van der Waals surface area contributed by atoms with E-state index in [1.807, 2.05) is 13.8 Å².